The van der Waals surface area contributed by atoms with Crippen LogP contribution in [-0.2, 0) is 9.53 Å². The second kappa shape index (κ2) is 5.94. The van der Waals surface area contributed by atoms with Gasteiger partial charge >= 0.3 is 6.16 Å². The van der Waals surface area contributed by atoms with Gasteiger partial charge in [-0.2, -0.15) is 0 Å². The molecule has 152 valence electrons. The molecule has 0 amide bonds. The van der Waals surface area contributed by atoms with Crippen molar-refractivity contribution in [1.82, 2.24) is 0 Å². The van der Waals surface area contributed by atoms with Crippen molar-refractivity contribution < 1.29 is 24.5 Å². The van der Waals surface area contributed by atoms with E-state index in [1.54, 1.807) is 6.08 Å². The monoisotopic (exact) mass is 386 g/mol. The van der Waals surface area contributed by atoms with Crippen molar-refractivity contribution in [3.63, 3.8) is 0 Å². The van der Waals surface area contributed by atoms with Crippen LogP contribution in [0.1, 0.15) is 52.4 Å². The highest BCUT2D eigenvalue weighted by Crippen LogP contribution is 2.76. The van der Waals surface area contributed by atoms with Gasteiger partial charge in [-0.05, 0) is 85.7 Å². The summed E-state index contributed by atoms with van der Waals surface area (Å²) in [7, 11) is 0. The van der Waals surface area contributed by atoms with E-state index in [0.29, 0.717) is 47.7 Å². The van der Waals surface area contributed by atoms with Crippen molar-refractivity contribution >= 4 is 11.9 Å². The summed E-state index contributed by atoms with van der Waals surface area (Å²) in [6.07, 6.45) is 9.13. The number of carboxylic acid groups (broad SMARTS) is 1. The minimum Gasteiger partial charge on any atom is -0.449 e. The van der Waals surface area contributed by atoms with E-state index in [-0.39, 0.29) is 11.3 Å². The average Bonchev–Trinajstić information content (AvgIpc) is 3.38. The van der Waals surface area contributed by atoms with Crippen LogP contribution in [0.4, 0.5) is 4.79 Å². The second-order valence-corrected chi connectivity index (χ2v) is 10.3. The first-order valence-corrected chi connectivity index (χ1v) is 10.8. The zero-order valence-corrected chi connectivity index (χ0v) is 16.6. The second-order valence-electron chi connectivity index (χ2n) is 10.3. The molecule has 5 aliphatic carbocycles. The lowest BCUT2D eigenvalue weighted by molar-refractivity contribution is -0.126. The highest BCUT2D eigenvalue weighted by atomic mass is 16.7. The van der Waals surface area contributed by atoms with Crippen molar-refractivity contribution in [1.29, 1.82) is 0 Å². The number of fused-ring (bicyclic) bond motifs is 7. The van der Waals surface area contributed by atoms with Crippen molar-refractivity contribution in [2.45, 2.75) is 58.0 Å². The number of ketones is 1. The van der Waals surface area contributed by atoms with Crippen LogP contribution in [0.2, 0.25) is 0 Å². The van der Waals surface area contributed by atoms with Gasteiger partial charge in [0.25, 0.3) is 0 Å². The van der Waals surface area contributed by atoms with Gasteiger partial charge in [0.2, 0.25) is 0 Å². The summed E-state index contributed by atoms with van der Waals surface area (Å²) in [4.78, 5) is 22.7. The van der Waals surface area contributed by atoms with Crippen LogP contribution >= 0.6 is 0 Å². The first-order valence-electron chi connectivity index (χ1n) is 10.8. The Morgan fingerprint density at radius 2 is 2.11 bits per heavy atom. The van der Waals surface area contributed by atoms with E-state index in [1.165, 1.54) is 11.8 Å². The summed E-state index contributed by atoms with van der Waals surface area (Å²) >= 11 is 0. The molecular formula is C23H30O5. The molecule has 0 aromatic heterocycles. The molecule has 5 nitrogen and oxygen atoms in total. The molecule has 4 saturated carbocycles. The molecule has 0 spiro atoms. The van der Waals surface area contributed by atoms with Gasteiger partial charge < -0.3 is 14.9 Å². The zero-order valence-electron chi connectivity index (χ0n) is 16.6. The van der Waals surface area contributed by atoms with Crippen LogP contribution < -0.4 is 0 Å². The summed E-state index contributed by atoms with van der Waals surface area (Å²) in [6.45, 7) is 4.55. The van der Waals surface area contributed by atoms with Crippen molar-refractivity contribution in [2.24, 2.45) is 46.8 Å². The molecular weight excluding hydrogens is 356 g/mol. The molecule has 5 heteroatoms. The van der Waals surface area contributed by atoms with Crippen LogP contribution in [-0.4, -0.2) is 27.8 Å². The van der Waals surface area contributed by atoms with Gasteiger partial charge in [0.1, 0.15) is 0 Å². The van der Waals surface area contributed by atoms with E-state index >= 15 is 0 Å². The van der Waals surface area contributed by atoms with E-state index in [4.69, 9.17) is 5.11 Å². The normalized spacial score (nSPS) is 51.6. The van der Waals surface area contributed by atoms with Crippen LogP contribution in [0.15, 0.2) is 24.0 Å². The minimum absolute atomic E-state index is 0.215. The number of carbonyl (C=O) groups excluding carboxylic acids is 1. The zero-order chi connectivity index (χ0) is 19.8. The Kier molecular flexibility index (Phi) is 3.91. The van der Waals surface area contributed by atoms with E-state index in [2.05, 4.69) is 18.6 Å². The van der Waals surface area contributed by atoms with Gasteiger partial charge in [-0.3, -0.25) is 4.79 Å². The summed E-state index contributed by atoms with van der Waals surface area (Å²) in [5.41, 5.74) is 0.158. The smallest absolute Gasteiger partial charge is 0.449 e. The molecule has 0 radical (unpaired) electrons. The molecule has 9 atom stereocenters. The molecule has 0 aromatic carbocycles. The number of aliphatic hydroxyl groups is 1. The SMILES string of the molecule is C[C@H]1CC2=CC(=O)CC[C@@H]2[C@H]2CC[C@@]3(C)[C@@H]([C@H]4C[C@H]4[C@@]3(O)/C=C\OC(=O)O)[C@@H]21. The first kappa shape index (κ1) is 18.4. The van der Waals surface area contributed by atoms with Gasteiger partial charge in [0, 0.05) is 11.8 Å². The summed E-state index contributed by atoms with van der Waals surface area (Å²) < 4.78 is 4.61. The molecule has 0 unspecified atom stereocenters. The molecule has 0 heterocycles. The molecule has 0 aliphatic heterocycles. The Morgan fingerprint density at radius 3 is 2.86 bits per heavy atom. The Bertz CT molecular complexity index is 784. The standard InChI is InChI=1S/C23H30O5/c1-12-9-13-10-14(24)3-4-15(13)16-5-6-22(2)20(19(12)16)17-11-18(17)23(22,27)7-8-28-21(25)26/h7-8,10,12,15-20,27H,3-6,9,11H2,1-2H3,(H,25,26)/b8-7-/t12-,15-,16+,17-,18+,19+,20-,22-,23-/m0/s1. The Labute approximate surface area is 165 Å². The van der Waals surface area contributed by atoms with Gasteiger partial charge in [-0.15, -0.1) is 0 Å². The number of hydrogen-bond donors (Lipinski definition) is 2. The predicted molar refractivity (Wildman–Crippen MR) is 102 cm³/mol. The van der Waals surface area contributed by atoms with Gasteiger partial charge in [-0.25, -0.2) is 4.79 Å². The van der Waals surface area contributed by atoms with Crippen LogP contribution in [0.25, 0.3) is 0 Å². The number of allylic oxidation sites excluding steroid dienone is 1. The molecule has 28 heavy (non-hydrogen) atoms. The Morgan fingerprint density at radius 1 is 1.32 bits per heavy atom. The Balaban J connectivity index is 1.48. The van der Waals surface area contributed by atoms with Crippen molar-refractivity contribution in [2.75, 3.05) is 0 Å². The third-order valence-electron chi connectivity index (χ3n) is 9.17. The molecule has 5 aliphatic rings. The van der Waals surface area contributed by atoms with E-state index in [9.17, 15) is 14.7 Å². The summed E-state index contributed by atoms with van der Waals surface area (Å²) in [6, 6.07) is 0. The van der Waals surface area contributed by atoms with Crippen LogP contribution in [0.5, 0.6) is 0 Å². The summed E-state index contributed by atoms with van der Waals surface area (Å²) in [5.74, 6) is 3.74. The Hall–Kier alpha value is -1.62. The molecule has 5 rings (SSSR count). The number of carbonyl (C=O) groups is 2. The van der Waals surface area contributed by atoms with Crippen molar-refractivity contribution in [3.05, 3.63) is 24.0 Å². The van der Waals surface area contributed by atoms with Crippen LogP contribution in [0, 0.1) is 46.8 Å². The van der Waals surface area contributed by atoms with E-state index in [0.717, 1.165) is 32.1 Å². The fourth-order valence-electron chi connectivity index (χ4n) is 8.11. The predicted octanol–water partition coefficient (Wildman–Crippen LogP) is 4.17. The maximum atomic E-state index is 11.9. The minimum atomic E-state index is -1.34. The quantitative estimate of drug-likeness (QED) is 0.550. The fraction of sp³-hybridized carbons (Fsp3) is 0.739. The first-order chi connectivity index (χ1) is 13.3. The lowest BCUT2D eigenvalue weighted by Gasteiger charge is -2.58. The molecule has 0 aromatic rings. The molecule has 4 fully saturated rings. The summed E-state index contributed by atoms with van der Waals surface area (Å²) in [5, 5.41) is 20.5. The molecule has 0 saturated heterocycles. The van der Waals surface area contributed by atoms with Gasteiger partial charge in [-0.1, -0.05) is 19.4 Å². The largest absolute Gasteiger partial charge is 0.510 e. The van der Waals surface area contributed by atoms with E-state index < -0.39 is 11.8 Å². The lowest BCUT2D eigenvalue weighted by atomic mass is 9.47. The maximum Gasteiger partial charge on any atom is 0.510 e. The molecule has 0 bridgehead atoms. The average molecular weight is 386 g/mol. The number of rotatable bonds is 2. The fourth-order valence-corrected chi connectivity index (χ4v) is 8.11. The third-order valence-corrected chi connectivity index (χ3v) is 9.17. The highest BCUT2D eigenvalue weighted by Gasteiger charge is 2.75. The van der Waals surface area contributed by atoms with Crippen LogP contribution in [0.3, 0.4) is 0 Å². The van der Waals surface area contributed by atoms with E-state index in [1.807, 2.05) is 6.08 Å². The van der Waals surface area contributed by atoms with Gasteiger partial charge in [0.15, 0.2) is 5.78 Å². The maximum absolute atomic E-state index is 11.9. The topological polar surface area (TPSA) is 83.8 Å². The third kappa shape index (κ3) is 2.35. The highest BCUT2D eigenvalue weighted by molar-refractivity contribution is 5.91. The lowest BCUT2D eigenvalue weighted by Crippen LogP contribution is -2.56. The number of hydrogen-bond acceptors (Lipinski definition) is 4. The molecule has 2 N–H and O–H groups in total. The number of ether oxygens (including phenoxy) is 1. The van der Waals surface area contributed by atoms with Gasteiger partial charge in [0.05, 0.1) is 11.9 Å². The van der Waals surface area contributed by atoms with Crippen molar-refractivity contribution in [3.8, 4) is 0 Å².